The zero-order valence-corrected chi connectivity index (χ0v) is 10.4. The lowest BCUT2D eigenvalue weighted by Crippen LogP contribution is -1.99. The first-order chi connectivity index (χ1) is 9.49. The summed E-state index contributed by atoms with van der Waals surface area (Å²) in [4.78, 5) is 9.97. The predicted molar refractivity (Wildman–Crippen MR) is 67.3 cm³/mol. The van der Waals surface area contributed by atoms with E-state index in [1.165, 1.54) is 43.3 Å². The number of non-ortho nitro benzene ring substituents is 1. The molecule has 0 fully saturated rings. The number of hydrogen-bond donors (Lipinski definition) is 0. The molecular formula is C13H9N3O4-2. The monoisotopic (exact) mass is 271 g/mol. The summed E-state index contributed by atoms with van der Waals surface area (Å²) in [5.74, 6) is -0.813. The van der Waals surface area contributed by atoms with Crippen LogP contribution in [0.25, 0.3) is 0 Å². The van der Waals surface area contributed by atoms with Crippen molar-refractivity contribution in [2.45, 2.75) is 6.92 Å². The Bertz CT molecular complexity index is 681. The van der Waals surface area contributed by atoms with E-state index >= 15 is 0 Å². The topological polar surface area (TPSA) is 114 Å². The van der Waals surface area contributed by atoms with Crippen LogP contribution in [0.15, 0.2) is 46.6 Å². The van der Waals surface area contributed by atoms with E-state index < -0.39 is 10.7 Å². The average Bonchev–Trinajstić information content (AvgIpc) is 2.44. The molecule has 0 saturated carbocycles. The van der Waals surface area contributed by atoms with Crippen molar-refractivity contribution in [2.75, 3.05) is 0 Å². The van der Waals surface area contributed by atoms with Gasteiger partial charge in [0.05, 0.1) is 16.3 Å². The van der Waals surface area contributed by atoms with E-state index in [1.54, 1.807) is 0 Å². The van der Waals surface area contributed by atoms with Crippen LogP contribution in [0.3, 0.4) is 0 Å². The first kappa shape index (κ1) is 13.5. The molecule has 0 saturated heterocycles. The molecule has 0 N–H and O–H groups in total. The highest BCUT2D eigenvalue weighted by atomic mass is 16.6. The van der Waals surface area contributed by atoms with Crippen LogP contribution in [-0.4, -0.2) is 4.92 Å². The van der Waals surface area contributed by atoms with Crippen LogP contribution < -0.4 is 10.2 Å². The molecule has 7 heteroatoms. The van der Waals surface area contributed by atoms with Crippen LogP contribution in [0.2, 0.25) is 0 Å². The lowest BCUT2D eigenvalue weighted by molar-refractivity contribution is -0.384. The second kappa shape index (κ2) is 5.35. The number of nitrogens with zero attached hydrogens (tertiary/aromatic N) is 3. The third kappa shape index (κ3) is 2.72. The molecule has 0 amide bonds. The smallest absolute Gasteiger partial charge is 0.269 e. The lowest BCUT2D eigenvalue weighted by Gasteiger charge is -2.19. The van der Waals surface area contributed by atoms with Crippen molar-refractivity contribution in [1.82, 2.24) is 0 Å². The maximum Gasteiger partial charge on any atom is 0.269 e. The van der Waals surface area contributed by atoms with Gasteiger partial charge in [0.25, 0.3) is 5.69 Å². The molecule has 102 valence electrons. The summed E-state index contributed by atoms with van der Waals surface area (Å²) in [6.45, 7) is 1.43. The summed E-state index contributed by atoms with van der Waals surface area (Å²) >= 11 is 0. The van der Waals surface area contributed by atoms with Gasteiger partial charge < -0.3 is 10.2 Å². The fourth-order valence-electron chi connectivity index (χ4n) is 1.49. The first-order valence-electron chi connectivity index (χ1n) is 5.63. The van der Waals surface area contributed by atoms with E-state index in [0.717, 1.165) is 0 Å². The number of nitro groups is 1. The Kier molecular flexibility index (Phi) is 3.60. The molecule has 0 bridgehead atoms. The zero-order valence-electron chi connectivity index (χ0n) is 10.4. The van der Waals surface area contributed by atoms with E-state index in [0.29, 0.717) is 5.69 Å². The normalized spacial score (nSPS) is 10.8. The van der Waals surface area contributed by atoms with Gasteiger partial charge in [-0.25, -0.2) is 0 Å². The van der Waals surface area contributed by atoms with Gasteiger partial charge in [0.15, 0.2) is 0 Å². The van der Waals surface area contributed by atoms with Crippen molar-refractivity contribution in [3.63, 3.8) is 0 Å². The van der Waals surface area contributed by atoms with E-state index in [9.17, 15) is 20.3 Å². The standard InChI is InChI=1S/C13H11N3O4/c1-8-12(17)7-6-11(13(8)18)15-14-9-2-4-10(5-3-9)16(19)20/h2-7,17-18H,1H3/p-2. The molecule has 0 aliphatic rings. The number of rotatable bonds is 3. The molecule has 2 aromatic rings. The summed E-state index contributed by atoms with van der Waals surface area (Å²) in [5, 5.41) is 41.0. The summed E-state index contributed by atoms with van der Waals surface area (Å²) in [5.41, 5.74) is 0.462. The third-order valence-electron chi connectivity index (χ3n) is 2.67. The molecule has 2 rings (SSSR count). The second-order valence-corrected chi connectivity index (χ2v) is 4.01. The van der Waals surface area contributed by atoms with Crippen molar-refractivity contribution in [1.29, 1.82) is 0 Å². The molecule has 0 heterocycles. The Morgan fingerprint density at radius 2 is 1.65 bits per heavy atom. The SMILES string of the molecule is Cc1c([O-])ccc(N=Nc2ccc([N+](=O)[O-])cc2)c1[O-]. The van der Waals surface area contributed by atoms with Crippen LogP contribution in [0, 0.1) is 17.0 Å². The molecule has 7 nitrogen and oxygen atoms in total. The Hall–Kier alpha value is -2.96. The highest BCUT2D eigenvalue weighted by Crippen LogP contribution is 2.32. The van der Waals surface area contributed by atoms with Crippen LogP contribution in [0.4, 0.5) is 17.1 Å². The van der Waals surface area contributed by atoms with Crippen molar-refractivity contribution >= 4 is 17.1 Å². The van der Waals surface area contributed by atoms with Gasteiger partial charge in [-0.1, -0.05) is 17.4 Å². The van der Waals surface area contributed by atoms with Crippen LogP contribution in [0.1, 0.15) is 5.56 Å². The van der Waals surface area contributed by atoms with Crippen LogP contribution >= 0.6 is 0 Å². The minimum absolute atomic E-state index is 0.0555. The van der Waals surface area contributed by atoms with Gasteiger partial charge in [-0.2, -0.15) is 10.2 Å². The van der Waals surface area contributed by atoms with E-state index in [4.69, 9.17) is 0 Å². The molecule has 0 spiro atoms. The molecule has 0 aromatic heterocycles. The minimum atomic E-state index is -0.521. The minimum Gasteiger partial charge on any atom is -0.872 e. The Balaban J connectivity index is 2.25. The van der Waals surface area contributed by atoms with Crippen molar-refractivity contribution in [3.05, 3.63) is 52.1 Å². The number of hydrogen-bond acceptors (Lipinski definition) is 6. The lowest BCUT2D eigenvalue weighted by atomic mass is 10.2. The van der Waals surface area contributed by atoms with Gasteiger partial charge in [-0.05, 0) is 25.1 Å². The highest BCUT2D eigenvalue weighted by molar-refractivity contribution is 5.58. The van der Waals surface area contributed by atoms with Crippen LogP contribution in [0.5, 0.6) is 11.5 Å². The molecule has 20 heavy (non-hydrogen) atoms. The van der Waals surface area contributed by atoms with E-state index in [1.807, 2.05) is 0 Å². The van der Waals surface area contributed by atoms with Crippen molar-refractivity contribution in [2.24, 2.45) is 10.2 Å². The molecule has 0 aliphatic carbocycles. The van der Waals surface area contributed by atoms with Gasteiger partial charge in [0.2, 0.25) is 0 Å². The molecule has 0 unspecified atom stereocenters. The van der Waals surface area contributed by atoms with Gasteiger partial charge in [0, 0.05) is 12.1 Å². The number of benzene rings is 2. The molecule has 2 aromatic carbocycles. The summed E-state index contributed by atoms with van der Waals surface area (Å²) in [6.07, 6.45) is 0. The van der Waals surface area contributed by atoms with Gasteiger partial charge in [0.1, 0.15) is 0 Å². The van der Waals surface area contributed by atoms with E-state index in [-0.39, 0.29) is 22.7 Å². The molecule has 0 atom stereocenters. The largest absolute Gasteiger partial charge is 0.872 e. The van der Waals surface area contributed by atoms with Crippen molar-refractivity contribution in [3.8, 4) is 11.5 Å². The third-order valence-corrected chi connectivity index (χ3v) is 2.67. The predicted octanol–water partition coefficient (Wildman–Crippen LogP) is 2.47. The number of nitro benzene ring substituents is 1. The zero-order chi connectivity index (χ0) is 14.7. The average molecular weight is 271 g/mol. The molecule has 0 radical (unpaired) electrons. The Morgan fingerprint density at radius 1 is 1.00 bits per heavy atom. The van der Waals surface area contributed by atoms with Crippen molar-refractivity contribution < 1.29 is 15.1 Å². The Labute approximate surface area is 114 Å². The Morgan fingerprint density at radius 3 is 2.25 bits per heavy atom. The highest BCUT2D eigenvalue weighted by Gasteiger charge is 2.03. The first-order valence-corrected chi connectivity index (χ1v) is 5.63. The molecular weight excluding hydrogens is 262 g/mol. The maximum absolute atomic E-state index is 11.7. The fourth-order valence-corrected chi connectivity index (χ4v) is 1.49. The summed E-state index contributed by atoms with van der Waals surface area (Å²) in [6, 6.07) is 7.96. The summed E-state index contributed by atoms with van der Waals surface area (Å²) < 4.78 is 0. The van der Waals surface area contributed by atoms with Crippen LogP contribution in [-0.2, 0) is 0 Å². The van der Waals surface area contributed by atoms with Gasteiger partial charge in [-0.15, -0.1) is 5.75 Å². The van der Waals surface area contributed by atoms with Gasteiger partial charge >= 0.3 is 0 Å². The van der Waals surface area contributed by atoms with E-state index in [2.05, 4.69) is 10.2 Å². The number of azo groups is 1. The maximum atomic E-state index is 11.7. The fraction of sp³-hybridized carbons (Fsp3) is 0.0769. The molecule has 0 aliphatic heterocycles. The van der Waals surface area contributed by atoms with Gasteiger partial charge in [-0.3, -0.25) is 10.1 Å². The second-order valence-electron chi connectivity index (χ2n) is 4.01. The quantitative estimate of drug-likeness (QED) is 0.484. The summed E-state index contributed by atoms with van der Waals surface area (Å²) in [7, 11) is 0.